The Bertz CT molecular complexity index is 233. The third kappa shape index (κ3) is 0.614. The Balaban J connectivity index is 2.34. The molecule has 0 saturated carbocycles. The van der Waals surface area contributed by atoms with Gasteiger partial charge in [-0.3, -0.25) is 5.10 Å². The van der Waals surface area contributed by atoms with Gasteiger partial charge in [0.1, 0.15) is 11.7 Å². The molecule has 1 aromatic rings. The van der Waals surface area contributed by atoms with E-state index in [1.54, 1.807) is 6.20 Å². The van der Waals surface area contributed by atoms with Crippen LogP contribution >= 0.6 is 0 Å². The molecule has 1 aliphatic rings. The second kappa shape index (κ2) is 1.96. The molecule has 0 aromatic carbocycles. The summed E-state index contributed by atoms with van der Waals surface area (Å²) in [6, 6.07) is 0.0671. The number of fused-ring (bicyclic) bond motifs is 1. The highest BCUT2D eigenvalue weighted by molar-refractivity contribution is 5.29. The summed E-state index contributed by atoms with van der Waals surface area (Å²) < 4.78 is 0. The highest BCUT2D eigenvalue weighted by atomic mass is 16.7. The molecule has 1 aliphatic heterocycles. The predicted octanol–water partition coefficient (Wildman–Crippen LogP) is -0.694. The van der Waals surface area contributed by atoms with Crippen molar-refractivity contribution < 1.29 is 4.84 Å². The SMILES string of the molecule is NCC1NOc2cn[nH]c21. The molecule has 2 rings (SSSR count). The summed E-state index contributed by atoms with van der Waals surface area (Å²) >= 11 is 0. The number of aromatic amines is 1. The van der Waals surface area contributed by atoms with Crippen molar-refractivity contribution >= 4 is 0 Å². The van der Waals surface area contributed by atoms with E-state index >= 15 is 0 Å². The zero-order chi connectivity index (χ0) is 6.97. The minimum atomic E-state index is 0.0671. The van der Waals surface area contributed by atoms with Crippen LogP contribution in [0.15, 0.2) is 6.20 Å². The number of nitrogens with two attached hydrogens (primary N) is 1. The first-order valence-electron chi connectivity index (χ1n) is 3.07. The Morgan fingerprint density at radius 1 is 1.80 bits per heavy atom. The van der Waals surface area contributed by atoms with E-state index in [0.717, 1.165) is 11.4 Å². The van der Waals surface area contributed by atoms with Gasteiger partial charge in [-0.25, -0.2) is 0 Å². The first-order chi connectivity index (χ1) is 4.92. The molecule has 1 unspecified atom stereocenters. The smallest absolute Gasteiger partial charge is 0.189 e. The lowest BCUT2D eigenvalue weighted by Gasteiger charge is -2.02. The first kappa shape index (κ1) is 5.70. The Morgan fingerprint density at radius 2 is 2.70 bits per heavy atom. The van der Waals surface area contributed by atoms with E-state index in [9.17, 15) is 0 Å². The molecule has 5 nitrogen and oxygen atoms in total. The first-order valence-corrected chi connectivity index (χ1v) is 3.07. The van der Waals surface area contributed by atoms with E-state index in [0.29, 0.717) is 6.54 Å². The van der Waals surface area contributed by atoms with E-state index in [1.165, 1.54) is 0 Å². The van der Waals surface area contributed by atoms with Gasteiger partial charge in [-0.1, -0.05) is 0 Å². The van der Waals surface area contributed by atoms with Gasteiger partial charge in [0.05, 0.1) is 6.20 Å². The van der Waals surface area contributed by atoms with Crippen LogP contribution in [0.2, 0.25) is 0 Å². The monoisotopic (exact) mass is 140 g/mol. The Labute approximate surface area is 57.5 Å². The van der Waals surface area contributed by atoms with E-state index in [-0.39, 0.29) is 6.04 Å². The van der Waals surface area contributed by atoms with Crippen molar-refractivity contribution in [3.05, 3.63) is 11.9 Å². The highest BCUT2D eigenvalue weighted by Gasteiger charge is 2.24. The molecule has 0 amide bonds. The van der Waals surface area contributed by atoms with Crippen molar-refractivity contribution in [3.63, 3.8) is 0 Å². The second-order valence-electron chi connectivity index (χ2n) is 2.16. The summed E-state index contributed by atoms with van der Waals surface area (Å²) in [7, 11) is 0. The van der Waals surface area contributed by atoms with Crippen LogP contribution in [0.1, 0.15) is 11.7 Å². The molecule has 1 aromatic heterocycles. The van der Waals surface area contributed by atoms with Gasteiger partial charge in [0.15, 0.2) is 5.75 Å². The van der Waals surface area contributed by atoms with Gasteiger partial charge >= 0.3 is 0 Å². The topological polar surface area (TPSA) is 76.0 Å². The largest absolute Gasteiger partial charge is 0.404 e. The molecule has 4 N–H and O–H groups in total. The number of nitrogens with one attached hydrogen (secondary N) is 2. The van der Waals surface area contributed by atoms with Crippen molar-refractivity contribution in [1.29, 1.82) is 0 Å². The maximum Gasteiger partial charge on any atom is 0.189 e. The summed E-state index contributed by atoms with van der Waals surface area (Å²) in [4.78, 5) is 5.02. The molecular formula is C5H8N4O. The lowest BCUT2D eigenvalue weighted by Crippen LogP contribution is -2.24. The van der Waals surface area contributed by atoms with E-state index in [1.807, 2.05) is 0 Å². The molecular weight excluding hydrogens is 132 g/mol. The molecule has 0 saturated heterocycles. The molecule has 10 heavy (non-hydrogen) atoms. The number of hydrogen-bond acceptors (Lipinski definition) is 4. The molecule has 0 fully saturated rings. The van der Waals surface area contributed by atoms with Crippen molar-refractivity contribution in [1.82, 2.24) is 15.7 Å². The van der Waals surface area contributed by atoms with Crippen LogP contribution in [-0.4, -0.2) is 16.7 Å². The third-order valence-corrected chi connectivity index (χ3v) is 1.53. The van der Waals surface area contributed by atoms with Gasteiger partial charge < -0.3 is 10.6 Å². The molecule has 0 radical (unpaired) electrons. The van der Waals surface area contributed by atoms with Crippen LogP contribution in [0.25, 0.3) is 0 Å². The second-order valence-corrected chi connectivity index (χ2v) is 2.16. The van der Waals surface area contributed by atoms with Crippen molar-refractivity contribution in [3.8, 4) is 5.75 Å². The van der Waals surface area contributed by atoms with Crippen LogP contribution < -0.4 is 16.1 Å². The summed E-state index contributed by atoms with van der Waals surface area (Å²) in [6.07, 6.45) is 1.62. The van der Waals surface area contributed by atoms with Gasteiger partial charge in [-0.2, -0.15) is 5.10 Å². The van der Waals surface area contributed by atoms with Crippen LogP contribution in [-0.2, 0) is 0 Å². The van der Waals surface area contributed by atoms with Crippen molar-refractivity contribution in [2.45, 2.75) is 6.04 Å². The molecule has 5 heteroatoms. The quantitative estimate of drug-likeness (QED) is 0.482. The minimum Gasteiger partial charge on any atom is -0.404 e. The maximum absolute atomic E-state index is 5.42. The van der Waals surface area contributed by atoms with Crippen molar-refractivity contribution in [2.24, 2.45) is 5.73 Å². The zero-order valence-corrected chi connectivity index (χ0v) is 5.29. The van der Waals surface area contributed by atoms with E-state index in [2.05, 4.69) is 15.7 Å². The number of nitrogens with zero attached hydrogens (tertiary/aromatic N) is 1. The fourth-order valence-corrected chi connectivity index (χ4v) is 0.976. The predicted molar refractivity (Wildman–Crippen MR) is 34.1 cm³/mol. The summed E-state index contributed by atoms with van der Waals surface area (Å²) in [5.41, 5.74) is 9.11. The third-order valence-electron chi connectivity index (χ3n) is 1.53. The molecule has 0 bridgehead atoms. The number of hydroxylamine groups is 1. The molecule has 54 valence electrons. The fraction of sp³-hybridized carbons (Fsp3) is 0.400. The number of aromatic nitrogens is 2. The molecule has 2 heterocycles. The Morgan fingerprint density at radius 3 is 3.50 bits per heavy atom. The van der Waals surface area contributed by atoms with Gasteiger partial charge in [0, 0.05) is 6.54 Å². The van der Waals surface area contributed by atoms with Gasteiger partial charge in [0.2, 0.25) is 0 Å². The normalized spacial score (nSPS) is 22.3. The molecule has 0 spiro atoms. The summed E-state index contributed by atoms with van der Waals surface area (Å²) in [5.74, 6) is 0.746. The molecule has 0 aliphatic carbocycles. The van der Waals surface area contributed by atoms with E-state index in [4.69, 9.17) is 10.6 Å². The summed E-state index contributed by atoms with van der Waals surface area (Å²) in [5, 5.41) is 6.60. The van der Waals surface area contributed by atoms with Gasteiger partial charge in [-0.05, 0) is 0 Å². The van der Waals surface area contributed by atoms with Gasteiger partial charge in [-0.15, -0.1) is 5.48 Å². The van der Waals surface area contributed by atoms with Crippen LogP contribution in [0.4, 0.5) is 0 Å². The van der Waals surface area contributed by atoms with Crippen molar-refractivity contribution in [2.75, 3.05) is 6.54 Å². The summed E-state index contributed by atoms with van der Waals surface area (Å²) in [6.45, 7) is 0.509. The van der Waals surface area contributed by atoms with Crippen LogP contribution in [0.3, 0.4) is 0 Å². The maximum atomic E-state index is 5.42. The van der Waals surface area contributed by atoms with Crippen LogP contribution in [0.5, 0.6) is 5.75 Å². The number of hydrogen-bond donors (Lipinski definition) is 3. The zero-order valence-electron chi connectivity index (χ0n) is 5.29. The van der Waals surface area contributed by atoms with Crippen LogP contribution in [0, 0.1) is 0 Å². The van der Waals surface area contributed by atoms with E-state index < -0.39 is 0 Å². The highest BCUT2D eigenvalue weighted by Crippen LogP contribution is 2.26. The lowest BCUT2D eigenvalue weighted by atomic mass is 10.2. The Kier molecular flexibility index (Phi) is 1.12. The fourth-order valence-electron chi connectivity index (χ4n) is 0.976. The average molecular weight is 140 g/mol. The lowest BCUT2D eigenvalue weighted by molar-refractivity contribution is 0.194. The van der Waals surface area contributed by atoms with Gasteiger partial charge in [0.25, 0.3) is 0 Å². The Hall–Kier alpha value is -1.07. The number of H-pyrrole nitrogens is 1. The molecule has 1 atom stereocenters. The average Bonchev–Trinajstić information content (AvgIpc) is 2.44. The standard InChI is InChI=1S/C5H8N4O/c6-1-3-5-4(10-9-3)2-7-8-5/h2-3,9H,1,6H2,(H,7,8). The minimum absolute atomic E-state index is 0.0671. The number of rotatable bonds is 1.